The molecular weight excluding hydrogens is 220 g/mol. The highest BCUT2D eigenvalue weighted by molar-refractivity contribution is 7.84. The summed E-state index contributed by atoms with van der Waals surface area (Å²) in [4.78, 5) is 4.38. The standard InChI is InChI=1S/C12H18N2OS/c1-10(8-9-16(2)15)14-12(13)11-6-4-3-5-7-11/h3-7,10H,8-9H2,1-2H3,(H2,13,14). The van der Waals surface area contributed by atoms with E-state index in [9.17, 15) is 4.21 Å². The van der Waals surface area contributed by atoms with E-state index in [-0.39, 0.29) is 6.04 Å². The first kappa shape index (κ1) is 12.9. The van der Waals surface area contributed by atoms with E-state index in [0.717, 1.165) is 12.0 Å². The summed E-state index contributed by atoms with van der Waals surface area (Å²) < 4.78 is 10.9. The summed E-state index contributed by atoms with van der Waals surface area (Å²) in [5.74, 6) is 1.22. The molecule has 3 nitrogen and oxygen atoms in total. The van der Waals surface area contributed by atoms with Crippen molar-refractivity contribution in [2.75, 3.05) is 12.0 Å². The van der Waals surface area contributed by atoms with Crippen molar-refractivity contribution < 1.29 is 4.21 Å². The van der Waals surface area contributed by atoms with Crippen molar-refractivity contribution in [2.24, 2.45) is 10.7 Å². The first-order valence-electron chi connectivity index (χ1n) is 5.28. The molecule has 1 aromatic rings. The molecule has 0 aromatic heterocycles. The number of aliphatic imine (C=N–C) groups is 1. The lowest BCUT2D eigenvalue weighted by molar-refractivity contribution is 0.672. The van der Waals surface area contributed by atoms with E-state index in [1.165, 1.54) is 0 Å². The molecule has 0 aliphatic carbocycles. The predicted octanol–water partition coefficient (Wildman–Crippen LogP) is 1.55. The van der Waals surface area contributed by atoms with Crippen LogP contribution in [0.25, 0.3) is 0 Å². The Hall–Kier alpha value is -1.16. The normalized spacial score (nSPS) is 15.8. The van der Waals surface area contributed by atoms with Gasteiger partial charge in [0.1, 0.15) is 5.84 Å². The maximum absolute atomic E-state index is 10.9. The largest absolute Gasteiger partial charge is 0.383 e. The second-order valence-electron chi connectivity index (χ2n) is 3.80. The van der Waals surface area contributed by atoms with Crippen LogP contribution in [0.4, 0.5) is 0 Å². The SMILES string of the molecule is CC(CCS(C)=O)N=C(N)c1ccccc1. The van der Waals surface area contributed by atoms with Gasteiger partial charge in [0.2, 0.25) is 0 Å². The Morgan fingerprint density at radius 2 is 2.06 bits per heavy atom. The summed E-state index contributed by atoms with van der Waals surface area (Å²) >= 11 is 0. The fourth-order valence-electron chi connectivity index (χ4n) is 1.32. The summed E-state index contributed by atoms with van der Waals surface area (Å²) in [7, 11) is -0.756. The lowest BCUT2D eigenvalue weighted by atomic mass is 10.2. The number of amidine groups is 1. The molecule has 4 heteroatoms. The van der Waals surface area contributed by atoms with Gasteiger partial charge >= 0.3 is 0 Å². The van der Waals surface area contributed by atoms with E-state index in [0.29, 0.717) is 11.6 Å². The summed E-state index contributed by atoms with van der Waals surface area (Å²) in [6.07, 6.45) is 2.51. The molecule has 0 spiro atoms. The van der Waals surface area contributed by atoms with Crippen LogP contribution in [-0.4, -0.2) is 28.1 Å². The fraction of sp³-hybridized carbons (Fsp3) is 0.417. The van der Waals surface area contributed by atoms with Gasteiger partial charge in [-0.2, -0.15) is 0 Å². The summed E-state index contributed by atoms with van der Waals surface area (Å²) in [6.45, 7) is 1.99. The highest BCUT2D eigenvalue weighted by Crippen LogP contribution is 2.03. The summed E-state index contributed by atoms with van der Waals surface area (Å²) in [6, 6.07) is 9.80. The van der Waals surface area contributed by atoms with Gasteiger partial charge in [0.05, 0.1) is 6.04 Å². The quantitative estimate of drug-likeness (QED) is 0.625. The molecule has 2 unspecified atom stereocenters. The van der Waals surface area contributed by atoms with Crippen molar-refractivity contribution in [1.82, 2.24) is 0 Å². The van der Waals surface area contributed by atoms with Crippen LogP contribution in [0, 0.1) is 0 Å². The second-order valence-corrected chi connectivity index (χ2v) is 5.35. The smallest absolute Gasteiger partial charge is 0.125 e. The summed E-state index contributed by atoms with van der Waals surface area (Å²) in [5.41, 5.74) is 6.81. The number of nitrogens with zero attached hydrogens (tertiary/aromatic N) is 1. The monoisotopic (exact) mass is 238 g/mol. The van der Waals surface area contributed by atoms with Crippen LogP contribution >= 0.6 is 0 Å². The average Bonchev–Trinajstić information content (AvgIpc) is 2.27. The molecule has 2 atom stereocenters. The molecule has 0 bridgehead atoms. The summed E-state index contributed by atoms with van der Waals surface area (Å²) in [5, 5.41) is 0. The van der Waals surface area contributed by atoms with E-state index < -0.39 is 10.8 Å². The van der Waals surface area contributed by atoms with Gasteiger partial charge in [-0.1, -0.05) is 30.3 Å². The molecule has 1 aromatic carbocycles. The van der Waals surface area contributed by atoms with Crippen LogP contribution in [-0.2, 0) is 10.8 Å². The molecule has 1 rings (SSSR count). The van der Waals surface area contributed by atoms with Crippen LogP contribution in [0.2, 0.25) is 0 Å². The van der Waals surface area contributed by atoms with Crippen molar-refractivity contribution in [2.45, 2.75) is 19.4 Å². The van der Waals surface area contributed by atoms with Crippen LogP contribution < -0.4 is 5.73 Å². The van der Waals surface area contributed by atoms with Crippen LogP contribution in [0.3, 0.4) is 0 Å². The Bertz CT molecular complexity index is 376. The maximum Gasteiger partial charge on any atom is 0.125 e. The molecule has 0 saturated heterocycles. The molecule has 0 fully saturated rings. The van der Waals surface area contributed by atoms with Gasteiger partial charge in [-0.25, -0.2) is 0 Å². The Morgan fingerprint density at radius 3 is 2.62 bits per heavy atom. The third-order valence-corrected chi connectivity index (χ3v) is 3.06. The lowest BCUT2D eigenvalue weighted by Crippen LogP contribution is -2.17. The number of nitrogens with two attached hydrogens (primary N) is 1. The highest BCUT2D eigenvalue weighted by atomic mass is 32.2. The molecule has 88 valence electrons. The van der Waals surface area contributed by atoms with Gasteiger partial charge in [-0.05, 0) is 13.3 Å². The van der Waals surface area contributed by atoms with Gasteiger partial charge in [0, 0.05) is 28.4 Å². The molecule has 2 N–H and O–H groups in total. The van der Waals surface area contributed by atoms with E-state index in [1.807, 2.05) is 37.3 Å². The van der Waals surface area contributed by atoms with Crippen LogP contribution in [0.15, 0.2) is 35.3 Å². The molecule has 0 aliphatic rings. The zero-order valence-electron chi connectivity index (χ0n) is 9.72. The van der Waals surface area contributed by atoms with Gasteiger partial charge in [0.15, 0.2) is 0 Å². The lowest BCUT2D eigenvalue weighted by Gasteiger charge is -2.07. The first-order chi connectivity index (χ1) is 7.59. The minimum absolute atomic E-state index is 0.115. The molecule has 0 amide bonds. The Balaban J connectivity index is 2.59. The number of benzene rings is 1. The van der Waals surface area contributed by atoms with E-state index in [2.05, 4.69) is 4.99 Å². The Labute approximate surface area is 99.2 Å². The maximum atomic E-state index is 10.9. The molecule has 0 aliphatic heterocycles. The van der Waals surface area contributed by atoms with Crippen molar-refractivity contribution in [3.8, 4) is 0 Å². The zero-order valence-corrected chi connectivity index (χ0v) is 10.5. The highest BCUT2D eigenvalue weighted by Gasteiger charge is 2.03. The van der Waals surface area contributed by atoms with Crippen LogP contribution in [0.1, 0.15) is 18.9 Å². The topological polar surface area (TPSA) is 55.5 Å². The fourth-order valence-corrected chi connectivity index (χ4v) is 1.99. The van der Waals surface area contributed by atoms with Gasteiger partial charge < -0.3 is 5.73 Å². The van der Waals surface area contributed by atoms with E-state index in [1.54, 1.807) is 6.26 Å². The third kappa shape index (κ3) is 4.57. The van der Waals surface area contributed by atoms with Crippen molar-refractivity contribution in [1.29, 1.82) is 0 Å². The van der Waals surface area contributed by atoms with Gasteiger partial charge in [-0.3, -0.25) is 9.20 Å². The zero-order chi connectivity index (χ0) is 12.0. The minimum atomic E-state index is -0.756. The van der Waals surface area contributed by atoms with Gasteiger partial charge in [-0.15, -0.1) is 0 Å². The van der Waals surface area contributed by atoms with E-state index in [4.69, 9.17) is 5.73 Å². The molecule has 0 saturated carbocycles. The Kier molecular flexibility index (Phi) is 5.19. The molecule has 0 heterocycles. The molecular formula is C12H18N2OS. The molecule has 0 radical (unpaired) electrons. The molecule has 16 heavy (non-hydrogen) atoms. The number of rotatable bonds is 5. The number of hydrogen-bond donors (Lipinski definition) is 1. The van der Waals surface area contributed by atoms with Crippen molar-refractivity contribution >= 4 is 16.6 Å². The van der Waals surface area contributed by atoms with Crippen molar-refractivity contribution in [3.05, 3.63) is 35.9 Å². The average molecular weight is 238 g/mol. The predicted molar refractivity (Wildman–Crippen MR) is 70.2 cm³/mol. The number of hydrogen-bond acceptors (Lipinski definition) is 2. The minimum Gasteiger partial charge on any atom is -0.383 e. The first-order valence-corrected chi connectivity index (χ1v) is 7.01. The second kappa shape index (κ2) is 6.43. The van der Waals surface area contributed by atoms with Crippen LogP contribution in [0.5, 0.6) is 0 Å². The van der Waals surface area contributed by atoms with E-state index >= 15 is 0 Å². The van der Waals surface area contributed by atoms with Gasteiger partial charge in [0.25, 0.3) is 0 Å². The Morgan fingerprint density at radius 1 is 1.44 bits per heavy atom. The van der Waals surface area contributed by atoms with Crippen molar-refractivity contribution in [3.63, 3.8) is 0 Å². The third-order valence-electron chi connectivity index (χ3n) is 2.25.